The molecular formula is C41H52O2. The van der Waals surface area contributed by atoms with Gasteiger partial charge >= 0.3 is 0 Å². The fourth-order valence-electron chi connectivity index (χ4n) is 8.31. The third-order valence-electron chi connectivity index (χ3n) is 10.4. The minimum atomic E-state index is -0.481. The van der Waals surface area contributed by atoms with Crippen LogP contribution in [-0.2, 0) is 4.74 Å². The molecule has 2 nitrogen and oxygen atoms in total. The molecule has 0 radical (unpaired) electrons. The molecule has 0 aromatic heterocycles. The van der Waals surface area contributed by atoms with E-state index in [1.165, 1.54) is 46.4 Å². The molecule has 2 fully saturated rings. The van der Waals surface area contributed by atoms with Gasteiger partial charge in [-0.1, -0.05) is 122 Å². The van der Waals surface area contributed by atoms with Crippen molar-refractivity contribution in [2.45, 2.75) is 105 Å². The van der Waals surface area contributed by atoms with Crippen LogP contribution in [0.1, 0.15) is 110 Å². The molecule has 0 spiro atoms. The Morgan fingerprint density at radius 2 is 1.40 bits per heavy atom. The molecule has 2 aliphatic rings. The molecular weight excluding hydrogens is 524 g/mol. The number of rotatable bonds is 7. The summed E-state index contributed by atoms with van der Waals surface area (Å²) in [7, 11) is 0. The summed E-state index contributed by atoms with van der Waals surface area (Å²) < 4.78 is 14.1. The van der Waals surface area contributed by atoms with Gasteiger partial charge in [0.25, 0.3) is 0 Å². The second-order valence-electron chi connectivity index (χ2n) is 16.0. The molecule has 0 N–H and O–H groups in total. The fraction of sp³-hybridized carbons (Fsp3) is 0.512. The first-order valence-corrected chi connectivity index (χ1v) is 16.8. The van der Waals surface area contributed by atoms with E-state index < -0.39 is 6.29 Å². The highest BCUT2D eigenvalue weighted by molar-refractivity contribution is 6.02. The quantitative estimate of drug-likeness (QED) is 0.161. The largest absolute Gasteiger partial charge is 0.461 e. The van der Waals surface area contributed by atoms with E-state index in [-0.39, 0.29) is 16.9 Å². The predicted octanol–water partition coefficient (Wildman–Crippen LogP) is 11.9. The van der Waals surface area contributed by atoms with Crippen molar-refractivity contribution in [1.82, 2.24) is 0 Å². The molecule has 0 aliphatic heterocycles. The van der Waals surface area contributed by atoms with Crippen molar-refractivity contribution in [2.75, 3.05) is 0 Å². The SMILES string of the molecule is CC1CC(OC(Oc2ccc(C(CC(C)(C)C)C(C)(C)C)cc2)c2c3ccccc3cc3ccccc23)CC2CCCC12. The maximum Gasteiger partial charge on any atom is 0.228 e. The van der Waals surface area contributed by atoms with Gasteiger partial charge in [-0.15, -0.1) is 0 Å². The van der Waals surface area contributed by atoms with Gasteiger partial charge in [-0.25, -0.2) is 0 Å². The van der Waals surface area contributed by atoms with E-state index >= 15 is 0 Å². The third kappa shape index (κ3) is 6.65. The lowest BCUT2D eigenvalue weighted by atomic mass is 9.69. The molecule has 2 aliphatic carbocycles. The molecule has 228 valence electrons. The first kappa shape index (κ1) is 30.2. The van der Waals surface area contributed by atoms with Gasteiger partial charge < -0.3 is 9.47 Å². The van der Waals surface area contributed by atoms with E-state index in [4.69, 9.17) is 9.47 Å². The van der Waals surface area contributed by atoms with Gasteiger partial charge in [0.05, 0.1) is 6.10 Å². The van der Waals surface area contributed by atoms with Crippen LogP contribution in [0.2, 0.25) is 0 Å². The fourth-order valence-corrected chi connectivity index (χ4v) is 8.31. The maximum atomic E-state index is 7.15. The molecule has 0 saturated heterocycles. The first-order valence-electron chi connectivity index (χ1n) is 16.8. The zero-order chi connectivity index (χ0) is 30.4. The summed E-state index contributed by atoms with van der Waals surface area (Å²) in [5, 5.41) is 4.88. The van der Waals surface area contributed by atoms with Gasteiger partial charge in [-0.3, -0.25) is 0 Å². The molecule has 6 atom stereocenters. The monoisotopic (exact) mass is 576 g/mol. The van der Waals surface area contributed by atoms with Crippen LogP contribution in [-0.4, -0.2) is 6.10 Å². The first-order chi connectivity index (χ1) is 20.5. The summed E-state index contributed by atoms with van der Waals surface area (Å²) in [6.45, 7) is 16.6. The Bertz CT molecular complexity index is 1480. The van der Waals surface area contributed by atoms with Crippen molar-refractivity contribution in [1.29, 1.82) is 0 Å². The van der Waals surface area contributed by atoms with E-state index in [0.29, 0.717) is 11.8 Å². The summed E-state index contributed by atoms with van der Waals surface area (Å²) >= 11 is 0. The van der Waals surface area contributed by atoms with Crippen LogP contribution in [0.15, 0.2) is 78.9 Å². The van der Waals surface area contributed by atoms with Crippen LogP contribution in [0.4, 0.5) is 0 Å². The lowest BCUT2D eigenvalue weighted by molar-refractivity contribution is -0.144. The van der Waals surface area contributed by atoms with E-state index in [1.807, 2.05) is 0 Å². The predicted molar refractivity (Wildman–Crippen MR) is 182 cm³/mol. The summed E-state index contributed by atoms with van der Waals surface area (Å²) in [5.74, 6) is 3.70. The highest BCUT2D eigenvalue weighted by Crippen LogP contribution is 2.48. The van der Waals surface area contributed by atoms with E-state index in [1.54, 1.807) is 0 Å². The second-order valence-corrected chi connectivity index (χ2v) is 16.0. The second kappa shape index (κ2) is 11.9. The maximum absolute atomic E-state index is 7.15. The number of ether oxygens (including phenoxy) is 2. The van der Waals surface area contributed by atoms with Gasteiger partial charge in [0, 0.05) is 5.56 Å². The average Bonchev–Trinajstić information content (AvgIpc) is 3.43. The Morgan fingerprint density at radius 1 is 0.767 bits per heavy atom. The van der Waals surface area contributed by atoms with Crippen LogP contribution < -0.4 is 4.74 Å². The minimum Gasteiger partial charge on any atom is -0.461 e. The van der Waals surface area contributed by atoms with Crippen molar-refractivity contribution in [3.63, 3.8) is 0 Å². The van der Waals surface area contributed by atoms with Gasteiger partial charge in [0.15, 0.2) is 0 Å². The summed E-state index contributed by atoms with van der Waals surface area (Å²) in [6.07, 6.45) is 7.24. The third-order valence-corrected chi connectivity index (χ3v) is 10.4. The summed E-state index contributed by atoms with van der Waals surface area (Å²) in [4.78, 5) is 0. The normalized spacial score (nSPS) is 24.2. The number of fused-ring (bicyclic) bond motifs is 3. The molecule has 2 heteroatoms. The number of benzene rings is 4. The highest BCUT2D eigenvalue weighted by atomic mass is 16.7. The van der Waals surface area contributed by atoms with Crippen LogP contribution >= 0.6 is 0 Å². The number of hydrogen-bond acceptors (Lipinski definition) is 2. The molecule has 0 amide bonds. The van der Waals surface area contributed by atoms with Gasteiger partial charge in [0.1, 0.15) is 5.75 Å². The van der Waals surface area contributed by atoms with Crippen molar-refractivity contribution in [3.8, 4) is 5.75 Å². The van der Waals surface area contributed by atoms with Gasteiger partial charge in [0.2, 0.25) is 6.29 Å². The van der Waals surface area contributed by atoms with Crippen molar-refractivity contribution < 1.29 is 9.47 Å². The molecule has 43 heavy (non-hydrogen) atoms. The van der Waals surface area contributed by atoms with Crippen LogP contribution in [0, 0.1) is 28.6 Å². The van der Waals surface area contributed by atoms with E-state index in [0.717, 1.165) is 42.4 Å². The van der Waals surface area contributed by atoms with Gasteiger partial charge in [-0.2, -0.15) is 0 Å². The molecule has 6 rings (SSSR count). The smallest absolute Gasteiger partial charge is 0.228 e. The molecule has 6 unspecified atom stereocenters. The topological polar surface area (TPSA) is 18.5 Å². The lowest BCUT2D eigenvalue weighted by Crippen LogP contribution is -2.34. The Balaban J connectivity index is 1.38. The average molecular weight is 577 g/mol. The Hall–Kier alpha value is -2.84. The Labute approximate surface area is 260 Å². The van der Waals surface area contributed by atoms with Crippen LogP contribution in [0.5, 0.6) is 5.75 Å². The Morgan fingerprint density at radius 3 is 2.00 bits per heavy atom. The van der Waals surface area contributed by atoms with E-state index in [9.17, 15) is 0 Å². The molecule has 0 heterocycles. The van der Waals surface area contributed by atoms with Crippen LogP contribution in [0.3, 0.4) is 0 Å². The molecule has 0 bridgehead atoms. The van der Waals surface area contributed by atoms with Crippen molar-refractivity contribution in [3.05, 3.63) is 90.0 Å². The highest BCUT2D eigenvalue weighted by Gasteiger charge is 2.40. The molecule has 2 saturated carbocycles. The number of hydrogen-bond donors (Lipinski definition) is 0. The van der Waals surface area contributed by atoms with Crippen molar-refractivity contribution >= 4 is 21.5 Å². The summed E-state index contributed by atoms with van der Waals surface area (Å²) in [6, 6.07) is 28.7. The van der Waals surface area contributed by atoms with Crippen LogP contribution in [0.25, 0.3) is 21.5 Å². The summed E-state index contributed by atoms with van der Waals surface area (Å²) in [5.41, 5.74) is 2.98. The van der Waals surface area contributed by atoms with Gasteiger partial charge in [-0.05, 0) is 105 Å². The van der Waals surface area contributed by atoms with E-state index in [2.05, 4.69) is 127 Å². The zero-order valence-corrected chi connectivity index (χ0v) is 27.5. The molecule has 4 aromatic rings. The zero-order valence-electron chi connectivity index (χ0n) is 27.5. The lowest BCUT2D eigenvalue weighted by Gasteiger charge is -2.38. The van der Waals surface area contributed by atoms with Crippen molar-refractivity contribution in [2.24, 2.45) is 28.6 Å². The standard InChI is InChI=1S/C41H52O2/c1-27-23-33(25-31-15-12-18-34(27)31)43-39(38-35-16-10-8-13-29(35)24-30-14-9-11-17-36(30)38)42-32-21-19-28(20-22-32)37(41(5,6)7)26-40(2,3)4/h8-11,13-14,16-17,19-22,24,27,31,33-34,37,39H,12,15,18,23,25-26H2,1-7H3. The minimum absolute atomic E-state index is 0.180. The molecule has 4 aromatic carbocycles. The Kier molecular flexibility index (Phi) is 8.37.